The quantitative estimate of drug-likeness (QED) is 0.179. The molecule has 0 atom stereocenters. The minimum atomic E-state index is 0.589. The number of anilines is 2. The molecule has 0 fully saturated rings. The molecule has 0 aliphatic heterocycles. The Bertz CT molecular complexity index is 1660. The molecule has 0 heterocycles. The Morgan fingerprint density at radius 1 is 0.349 bits per heavy atom. The zero-order valence-corrected chi connectivity index (χ0v) is 24.0. The molecular formula is C38H31NO4. The molecule has 6 aromatic rings. The van der Waals surface area contributed by atoms with Crippen LogP contribution in [0, 0.1) is 13.8 Å². The highest BCUT2D eigenvalue weighted by Gasteiger charge is 2.16. The van der Waals surface area contributed by atoms with Gasteiger partial charge in [-0.25, -0.2) is 0 Å². The highest BCUT2D eigenvalue weighted by atomic mass is 16.5. The van der Waals surface area contributed by atoms with Crippen molar-refractivity contribution in [3.05, 3.63) is 157 Å². The zero-order valence-electron chi connectivity index (χ0n) is 24.0. The summed E-state index contributed by atoms with van der Waals surface area (Å²) in [5.41, 5.74) is 3.72. The van der Waals surface area contributed by atoms with Gasteiger partial charge in [-0.2, -0.15) is 0 Å². The van der Waals surface area contributed by atoms with Gasteiger partial charge in [0.25, 0.3) is 0 Å². The molecule has 1 N–H and O–H groups in total. The second kappa shape index (κ2) is 12.9. The SMILES string of the molecule is Cc1cc(Oc2ccccc2)c(Oc2ccccc2)cc1Nc1cc(Oc2ccccc2)c(Oc2ccccc2)cc1C. The van der Waals surface area contributed by atoms with Crippen molar-refractivity contribution < 1.29 is 18.9 Å². The van der Waals surface area contributed by atoms with Crippen LogP contribution in [0.4, 0.5) is 11.4 Å². The minimum Gasteiger partial charge on any atom is -0.453 e. The molecule has 0 radical (unpaired) electrons. The first-order valence-electron chi connectivity index (χ1n) is 14.1. The zero-order chi connectivity index (χ0) is 29.4. The Morgan fingerprint density at radius 2 is 0.605 bits per heavy atom. The van der Waals surface area contributed by atoms with E-state index in [4.69, 9.17) is 18.9 Å². The average molecular weight is 566 g/mol. The number of benzene rings is 6. The molecule has 0 saturated heterocycles. The molecule has 5 nitrogen and oxygen atoms in total. The van der Waals surface area contributed by atoms with E-state index in [0.717, 1.165) is 34.0 Å². The van der Waals surface area contributed by atoms with Crippen molar-refractivity contribution in [2.45, 2.75) is 13.8 Å². The van der Waals surface area contributed by atoms with Crippen molar-refractivity contribution in [1.29, 1.82) is 0 Å². The third kappa shape index (κ3) is 6.97. The Balaban J connectivity index is 1.36. The predicted octanol–water partition coefficient (Wildman–Crippen LogP) is 11.2. The van der Waals surface area contributed by atoms with Crippen LogP contribution >= 0.6 is 0 Å². The molecule has 0 aromatic heterocycles. The minimum absolute atomic E-state index is 0.589. The lowest BCUT2D eigenvalue weighted by Gasteiger charge is -2.19. The average Bonchev–Trinajstić information content (AvgIpc) is 3.03. The number of hydrogen-bond acceptors (Lipinski definition) is 5. The number of hydrogen-bond donors (Lipinski definition) is 1. The van der Waals surface area contributed by atoms with Gasteiger partial charge in [0.15, 0.2) is 23.0 Å². The van der Waals surface area contributed by atoms with Crippen LogP contribution in [-0.4, -0.2) is 0 Å². The maximum Gasteiger partial charge on any atom is 0.172 e. The second-order valence-corrected chi connectivity index (χ2v) is 10.0. The van der Waals surface area contributed by atoms with Crippen LogP contribution in [0.2, 0.25) is 0 Å². The predicted molar refractivity (Wildman–Crippen MR) is 172 cm³/mol. The summed E-state index contributed by atoms with van der Waals surface area (Å²) in [7, 11) is 0. The van der Waals surface area contributed by atoms with Gasteiger partial charge in [0.05, 0.1) is 0 Å². The van der Waals surface area contributed by atoms with E-state index in [9.17, 15) is 0 Å². The number of nitrogens with one attached hydrogen (secondary N) is 1. The lowest BCUT2D eigenvalue weighted by atomic mass is 10.1. The van der Waals surface area contributed by atoms with Crippen LogP contribution in [0.5, 0.6) is 46.0 Å². The van der Waals surface area contributed by atoms with Gasteiger partial charge in [-0.15, -0.1) is 0 Å². The molecule has 0 bridgehead atoms. The van der Waals surface area contributed by atoms with Gasteiger partial charge in [0.1, 0.15) is 23.0 Å². The molecule has 43 heavy (non-hydrogen) atoms. The van der Waals surface area contributed by atoms with E-state index >= 15 is 0 Å². The van der Waals surface area contributed by atoms with Crippen LogP contribution in [0.1, 0.15) is 11.1 Å². The van der Waals surface area contributed by atoms with Gasteiger partial charge in [-0.1, -0.05) is 72.8 Å². The molecule has 0 aliphatic rings. The standard InChI is InChI=1S/C38H31NO4/c1-27-23-35(40-29-15-7-3-8-16-29)37(42-31-19-11-5-12-20-31)25-33(27)39-34-26-38(43-32-21-13-6-14-22-32)36(24-28(34)2)41-30-17-9-4-10-18-30/h3-26,39H,1-2H3. The molecule has 0 saturated carbocycles. The Hall–Kier alpha value is -5.68. The van der Waals surface area contributed by atoms with E-state index in [1.165, 1.54) is 0 Å². The van der Waals surface area contributed by atoms with E-state index < -0.39 is 0 Å². The summed E-state index contributed by atoms with van der Waals surface area (Å²) in [4.78, 5) is 0. The van der Waals surface area contributed by atoms with Crippen LogP contribution in [0.3, 0.4) is 0 Å². The third-order valence-corrected chi connectivity index (χ3v) is 6.73. The normalized spacial score (nSPS) is 10.6. The number of aryl methyl sites for hydroxylation is 2. The maximum absolute atomic E-state index is 6.32. The van der Waals surface area contributed by atoms with E-state index in [1.807, 2.05) is 159 Å². The van der Waals surface area contributed by atoms with Crippen molar-refractivity contribution in [2.75, 3.05) is 5.32 Å². The Kier molecular flexibility index (Phi) is 8.23. The van der Waals surface area contributed by atoms with Crippen molar-refractivity contribution in [2.24, 2.45) is 0 Å². The van der Waals surface area contributed by atoms with Crippen LogP contribution in [0.25, 0.3) is 0 Å². The van der Waals surface area contributed by atoms with E-state index in [-0.39, 0.29) is 0 Å². The van der Waals surface area contributed by atoms with Crippen LogP contribution in [-0.2, 0) is 0 Å². The fourth-order valence-electron chi connectivity index (χ4n) is 4.52. The molecule has 0 unspecified atom stereocenters. The number of para-hydroxylation sites is 4. The van der Waals surface area contributed by atoms with Gasteiger partial charge in [-0.05, 0) is 85.6 Å². The molecule has 6 rings (SSSR count). The summed E-state index contributed by atoms with van der Waals surface area (Å²) >= 11 is 0. The van der Waals surface area contributed by atoms with Gasteiger partial charge in [0.2, 0.25) is 0 Å². The molecule has 0 aliphatic carbocycles. The second-order valence-electron chi connectivity index (χ2n) is 10.0. The first-order valence-corrected chi connectivity index (χ1v) is 14.1. The van der Waals surface area contributed by atoms with Crippen molar-refractivity contribution in [3.63, 3.8) is 0 Å². The fourth-order valence-corrected chi connectivity index (χ4v) is 4.52. The summed E-state index contributed by atoms with van der Waals surface area (Å²) in [6.07, 6.45) is 0. The van der Waals surface area contributed by atoms with Gasteiger partial charge in [0, 0.05) is 23.5 Å². The van der Waals surface area contributed by atoms with Crippen molar-refractivity contribution in [1.82, 2.24) is 0 Å². The lowest BCUT2D eigenvalue weighted by molar-refractivity contribution is 0.418. The topological polar surface area (TPSA) is 49.0 Å². The highest BCUT2D eigenvalue weighted by Crippen LogP contribution is 2.43. The largest absolute Gasteiger partial charge is 0.453 e. The Labute approximate surface area is 251 Å². The summed E-state index contributed by atoms with van der Waals surface area (Å²) in [5, 5.41) is 3.60. The number of rotatable bonds is 10. The highest BCUT2D eigenvalue weighted by molar-refractivity contribution is 5.72. The lowest BCUT2D eigenvalue weighted by Crippen LogP contribution is -2.00. The molecular weight excluding hydrogens is 534 g/mol. The molecule has 0 spiro atoms. The molecule has 0 amide bonds. The third-order valence-electron chi connectivity index (χ3n) is 6.73. The maximum atomic E-state index is 6.32. The van der Waals surface area contributed by atoms with Gasteiger partial charge >= 0.3 is 0 Å². The van der Waals surface area contributed by atoms with E-state index in [1.54, 1.807) is 0 Å². The first kappa shape index (κ1) is 27.5. The van der Waals surface area contributed by atoms with Crippen molar-refractivity contribution in [3.8, 4) is 46.0 Å². The Morgan fingerprint density at radius 3 is 0.884 bits per heavy atom. The fraction of sp³-hybridized carbons (Fsp3) is 0.0526. The monoisotopic (exact) mass is 565 g/mol. The van der Waals surface area contributed by atoms with Gasteiger partial charge < -0.3 is 24.3 Å². The van der Waals surface area contributed by atoms with E-state index in [2.05, 4.69) is 5.32 Å². The molecule has 212 valence electrons. The van der Waals surface area contributed by atoms with Crippen molar-refractivity contribution >= 4 is 11.4 Å². The summed E-state index contributed by atoms with van der Waals surface area (Å²) < 4.78 is 25.2. The molecule has 6 aromatic carbocycles. The summed E-state index contributed by atoms with van der Waals surface area (Å²) in [5.74, 6) is 5.31. The first-order chi connectivity index (χ1) is 21.1. The summed E-state index contributed by atoms with van der Waals surface area (Å²) in [6.45, 7) is 4.08. The van der Waals surface area contributed by atoms with E-state index in [0.29, 0.717) is 34.5 Å². The smallest absolute Gasteiger partial charge is 0.172 e. The van der Waals surface area contributed by atoms with Crippen LogP contribution < -0.4 is 24.3 Å². The number of ether oxygens (including phenoxy) is 4. The summed E-state index contributed by atoms with van der Waals surface area (Å²) in [6, 6.07) is 46.6. The van der Waals surface area contributed by atoms with Gasteiger partial charge in [-0.3, -0.25) is 0 Å². The van der Waals surface area contributed by atoms with Crippen LogP contribution in [0.15, 0.2) is 146 Å². The molecule has 5 heteroatoms.